The fourth-order valence-electron chi connectivity index (χ4n) is 10.8. The monoisotopic (exact) mass is 894 g/mol. The lowest BCUT2D eigenvalue weighted by atomic mass is 9.72. The van der Waals surface area contributed by atoms with E-state index in [0.29, 0.717) is 50.9 Å². The molecular weight excluding hydrogens is 823 g/mol. The lowest BCUT2D eigenvalue weighted by molar-refractivity contribution is -0.152. The summed E-state index contributed by atoms with van der Waals surface area (Å²) >= 11 is 0. The summed E-state index contributed by atoms with van der Waals surface area (Å²) in [7, 11) is 0. The average molecular weight is 894 g/mol. The molecule has 1 spiro atoms. The second kappa shape index (κ2) is 21.3. The van der Waals surface area contributed by atoms with Gasteiger partial charge in [-0.15, -0.1) is 0 Å². The molecule has 352 valence electrons. The molecule has 3 heterocycles. The first-order valence-corrected chi connectivity index (χ1v) is 23.7. The summed E-state index contributed by atoms with van der Waals surface area (Å²) in [4.78, 5) is 17.7. The predicted molar refractivity (Wildman–Crippen MR) is 251 cm³/mol. The Morgan fingerprint density at radius 2 is 1.85 bits per heavy atom. The predicted octanol–water partition coefficient (Wildman–Crippen LogP) is 4.74. The van der Waals surface area contributed by atoms with Crippen LogP contribution in [0.4, 0.5) is 0 Å². The second-order valence-electron chi connectivity index (χ2n) is 19.5. The van der Waals surface area contributed by atoms with Gasteiger partial charge in [0.25, 0.3) is 0 Å². The average Bonchev–Trinajstić information content (AvgIpc) is 3.25. The van der Waals surface area contributed by atoms with Crippen molar-refractivity contribution >= 4 is 11.9 Å². The Morgan fingerprint density at radius 3 is 2.60 bits per heavy atom. The van der Waals surface area contributed by atoms with Gasteiger partial charge in [-0.3, -0.25) is 9.79 Å². The molecule has 0 amide bonds. The number of hydrogen-bond donors (Lipinski definition) is 9. The van der Waals surface area contributed by atoms with Gasteiger partial charge in [0.05, 0.1) is 24.2 Å². The number of benzene rings is 3. The Labute approximate surface area is 384 Å². The number of phenolic OH excluding ortho intramolecular Hbond substituents is 1. The molecule has 0 radical (unpaired) electrons. The molecule has 0 aromatic heterocycles. The van der Waals surface area contributed by atoms with Crippen LogP contribution in [0.3, 0.4) is 0 Å². The Morgan fingerprint density at radius 1 is 1.05 bits per heavy atom. The van der Waals surface area contributed by atoms with Gasteiger partial charge in [-0.2, -0.15) is 0 Å². The van der Waals surface area contributed by atoms with Crippen LogP contribution in [-0.4, -0.2) is 100 Å². The molecule has 1 fully saturated rings. The number of aromatic hydroxyl groups is 1. The number of rotatable bonds is 5. The number of piperidine rings is 1. The van der Waals surface area contributed by atoms with Crippen LogP contribution in [0.15, 0.2) is 59.6 Å². The quantitative estimate of drug-likeness (QED) is 0.0967. The normalized spacial score (nSPS) is 29.6. The number of fused-ring (bicyclic) bond motifs is 8. The molecule has 4 aliphatic rings. The molecule has 3 aromatic carbocycles. The number of nitrogens with zero attached hydrogens (tertiary/aromatic N) is 1. The van der Waals surface area contributed by atoms with Crippen molar-refractivity contribution in [3.63, 3.8) is 0 Å². The molecule has 13 heteroatoms. The first-order valence-electron chi connectivity index (χ1n) is 23.7. The summed E-state index contributed by atoms with van der Waals surface area (Å²) in [5.41, 5.74) is 11.9. The molecule has 9 atom stereocenters. The number of nitrogens with one attached hydrogen (secondary N) is 3. The van der Waals surface area contributed by atoms with Crippen LogP contribution < -0.4 is 26.4 Å². The Balaban J connectivity index is 1.35. The third-order valence-corrected chi connectivity index (χ3v) is 14.4. The minimum absolute atomic E-state index is 0.0702. The number of esters is 1. The molecule has 0 saturated carbocycles. The lowest BCUT2D eigenvalue weighted by Gasteiger charge is -2.43. The van der Waals surface area contributed by atoms with Crippen molar-refractivity contribution in [2.45, 2.75) is 140 Å². The Bertz CT molecular complexity index is 2200. The van der Waals surface area contributed by atoms with E-state index in [1.807, 2.05) is 0 Å². The lowest BCUT2D eigenvalue weighted by Crippen LogP contribution is -2.59. The third-order valence-electron chi connectivity index (χ3n) is 14.4. The van der Waals surface area contributed by atoms with Crippen molar-refractivity contribution in [3.05, 3.63) is 93.5 Å². The van der Waals surface area contributed by atoms with E-state index in [9.17, 15) is 30.3 Å². The zero-order chi connectivity index (χ0) is 46.3. The first-order chi connectivity index (χ1) is 31.1. The number of ether oxygens (including phenoxy) is 2. The summed E-state index contributed by atoms with van der Waals surface area (Å²) in [6.07, 6.45) is 1.05. The minimum atomic E-state index is -1.91. The maximum absolute atomic E-state index is 12.8. The molecule has 3 aliphatic heterocycles. The fourth-order valence-corrected chi connectivity index (χ4v) is 10.8. The van der Waals surface area contributed by atoms with Crippen molar-refractivity contribution in [1.82, 2.24) is 16.0 Å². The molecule has 13 nitrogen and oxygen atoms in total. The second-order valence-corrected chi connectivity index (χ2v) is 19.5. The van der Waals surface area contributed by atoms with Crippen LogP contribution >= 0.6 is 0 Å². The highest BCUT2D eigenvalue weighted by Gasteiger charge is 2.41. The number of carbonyl (C=O) groups is 1. The molecule has 10 N–H and O–H groups in total. The highest BCUT2D eigenvalue weighted by molar-refractivity contribution is 5.78. The number of hydrogen-bond acceptors (Lipinski definition) is 13. The molecule has 8 bridgehead atoms. The summed E-state index contributed by atoms with van der Waals surface area (Å²) in [6, 6.07) is 18.5. The van der Waals surface area contributed by atoms with E-state index in [-0.39, 0.29) is 66.4 Å². The van der Waals surface area contributed by atoms with Crippen molar-refractivity contribution < 1.29 is 39.8 Å². The standard InChI is InChI=1S/C52H71N5O8/c1-32-19-33(2)21-37(20-32)23-41-29-55-50(53)56-30-51(34(3)58)15-10-38-9-6-14-52(31-54-17-12-36-7-5-8-39(41)22-36)28-43(13-18-57-52)65-48-25-40(45(49(62)63)27-46(48)61)24-44(38)47(64-35(4)59)26-42(60)11-16-51/h5,7-8,19-22,25,27,34,38,41-44,47,49,54,57-58,60-63H,6,9,11-14,16-18,23-24,26,28-31H2,1-4H3,(H3,53,55,56). The van der Waals surface area contributed by atoms with E-state index in [1.54, 1.807) is 13.0 Å². The maximum atomic E-state index is 12.8. The zero-order valence-corrected chi connectivity index (χ0v) is 38.6. The van der Waals surface area contributed by atoms with Crippen LogP contribution in [0.2, 0.25) is 0 Å². The number of phenols is 1. The van der Waals surface area contributed by atoms with Crippen molar-refractivity contribution in [2.24, 2.45) is 28.0 Å². The van der Waals surface area contributed by atoms with Gasteiger partial charge < -0.3 is 56.7 Å². The van der Waals surface area contributed by atoms with Crippen LogP contribution in [0.25, 0.3) is 0 Å². The Kier molecular flexibility index (Phi) is 15.8. The number of aliphatic hydroxyl groups is 4. The molecule has 1 saturated heterocycles. The SMILES string of the molecule is CC(=O)OC1CC(O)CCC2(C(C)O)C#CC3CCCC4(CNCCc5cccc(c5)C(Cc5cc(C)cc(C)c5)CNC(N)=NC2)CC(CCN4)Oc2cc(c(C(O)O)cc2O)CC31. The van der Waals surface area contributed by atoms with Crippen LogP contribution in [-0.2, 0) is 28.8 Å². The van der Waals surface area contributed by atoms with Gasteiger partial charge in [-0.05, 0) is 120 Å². The summed E-state index contributed by atoms with van der Waals surface area (Å²) in [5.74, 6) is 5.99. The van der Waals surface area contributed by atoms with E-state index in [2.05, 4.69) is 84.1 Å². The van der Waals surface area contributed by atoms with Gasteiger partial charge in [0.2, 0.25) is 0 Å². The molecule has 65 heavy (non-hydrogen) atoms. The van der Waals surface area contributed by atoms with E-state index in [1.165, 1.54) is 40.8 Å². The van der Waals surface area contributed by atoms with E-state index < -0.39 is 47.8 Å². The molecule has 9 unspecified atom stereocenters. The van der Waals surface area contributed by atoms with Gasteiger partial charge in [0, 0.05) is 61.7 Å². The number of aryl methyl sites for hydroxylation is 2. The number of carbonyl (C=O) groups excluding carboxylic acids is 1. The highest BCUT2D eigenvalue weighted by atomic mass is 16.5. The number of nitrogens with two attached hydrogens (primary N) is 1. The summed E-state index contributed by atoms with van der Waals surface area (Å²) in [5, 5.41) is 67.1. The van der Waals surface area contributed by atoms with E-state index in [4.69, 9.17) is 20.2 Å². The largest absolute Gasteiger partial charge is 0.504 e. The minimum Gasteiger partial charge on any atom is -0.504 e. The van der Waals surface area contributed by atoms with Crippen LogP contribution in [0.5, 0.6) is 11.5 Å². The zero-order valence-electron chi connectivity index (χ0n) is 38.6. The van der Waals surface area contributed by atoms with Crippen molar-refractivity contribution in [1.29, 1.82) is 0 Å². The van der Waals surface area contributed by atoms with Crippen LogP contribution in [0, 0.1) is 42.9 Å². The van der Waals surface area contributed by atoms with Crippen molar-refractivity contribution in [2.75, 3.05) is 32.7 Å². The molecule has 7 rings (SSSR count). The van der Waals surface area contributed by atoms with E-state index >= 15 is 0 Å². The van der Waals surface area contributed by atoms with Gasteiger partial charge in [0.1, 0.15) is 12.2 Å². The highest BCUT2D eigenvalue weighted by Crippen LogP contribution is 2.41. The number of aliphatic hydroxyl groups excluding tert-OH is 3. The Hall–Kier alpha value is -4.68. The molecule has 3 aromatic rings. The van der Waals surface area contributed by atoms with E-state index in [0.717, 1.165) is 32.2 Å². The van der Waals surface area contributed by atoms with Crippen molar-refractivity contribution in [3.8, 4) is 23.3 Å². The first kappa shape index (κ1) is 48.3. The van der Waals surface area contributed by atoms with Gasteiger partial charge in [-0.1, -0.05) is 71.9 Å². The summed E-state index contributed by atoms with van der Waals surface area (Å²) < 4.78 is 12.7. The smallest absolute Gasteiger partial charge is 0.302 e. The van der Waals surface area contributed by atoms with Gasteiger partial charge in [-0.25, -0.2) is 0 Å². The fraction of sp³-hybridized carbons (Fsp3) is 0.577. The summed E-state index contributed by atoms with van der Waals surface area (Å²) in [6.45, 7) is 10.0. The number of guanidine groups is 1. The maximum Gasteiger partial charge on any atom is 0.302 e. The van der Waals surface area contributed by atoms with Gasteiger partial charge in [0.15, 0.2) is 23.7 Å². The topological polar surface area (TPSA) is 211 Å². The molecular formula is C52H71N5O8. The van der Waals surface area contributed by atoms with Gasteiger partial charge >= 0.3 is 5.97 Å². The number of aliphatic imine (C=N–C) groups is 1. The van der Waals surface area contributed by atoms with Crippen LogP contribution in [0.1, 0.15) is 116 Å². The molecule has 1 aliphatic carbocycles. The third kappa shape index (κ3) is 12.4.